The van der Waals surface area contributed by atoms with Gasteiger partial charge in [0.1, 0.15) is 5.82 Å². The lowest BCUT2D eigenvalue weighted by molar-refractivity contribution is -0.218. The molecule has 0 radical (unpaired) electrons. The van der Waals surface area contributed by atoms with Crippen LogP contribution in [0.25, 0.3) is 0 Å². The van der Waals surface area contributed by atoms with Crippen molar-refractivity contribution < 1.29 is 31.4 Å². The summed E-state index contributed by atoms with van der Waals surface area (Å²) in [6.07, 6.45) is -5.61. The van der Waals surface area contributed by atoms with Crippen LogP contribution in [-0.2, 0) is 14.6 Å². The highest BCUT2D eigenvalue weighted by Crippen LogP contribution is 2.24. The van der Waals surface area contributed by atoms with E-state index in [1.807, 2.05) is 0 Å². The predicted molar refractivity (Wildman–Crippen MR) is 92.5 cm³/mol. The van der Waals surface area contributed by atoms with Crippen LogP contribution in [0.5, 0.6) is 0 Å². The first-order valence-electron chi connectivity index (χ1n) is 7.76. The molecule has 28 heavy (non-hydrogen) atoms. The van der Waals surface area contributed by atoms with Gasteiger partial charge in [0.25, 0.3) is 12.1 Å². The highest BCUT2D eigenvalue weighted by molar-refractivity contribution is 7.93. The number of nitrogens with one attached hydrogen (secondary N) is 1. The first-order valence-corrected chi connectivity index (χ1v) is 9.68. The number of amides is 1. The Morgan fingerprint density at radius 2 is 1.75 bits per heavy atom. The second-order valence-corrected chi connectivity index (χ2v) is 8.10. The Hall–Kier alpha value is -2.95. The molecule has 0 saturated carbocycles. The van der Waals surface area contributed by atoms with Gasteiger partial charge in [0.2, 0.25) is 0 Å². The van der Waals surface area contributed by atoms with Crippen LogP contribution in [0.4, 0.5) is 17.6 Å². The minimum atomic E-state index is -4.62. The van der Waals surface area contributed by atoms with Crippen molar-refractivity contribution in [3.8, 4) is 0 Å². The molecule has 0 spiro atoms. The van der Waals surface area contributed by atoms with Crippen molar-refractivity contribution in [1.82, 2.24) is 5.32 Å². The average molecular weight is 415 g/mol. The fourth-order valence-corrected chi connectivity index (χ4v) is 3.45. The largest absolute Gasteiger partial charge is 0.448 e. The predicted octanol–water partition coefficient (Wildman–Crippen LogP) is 3.29. The molecule has 0 fully saturated rings. The van der Waals surface area contributed by atoms with Gasteiger partial charge in [-0.3, -0.25) is 4.79 Å². The van der Waals surface area contributed by atoms with Crippen LogP contribution in [0.2, 0.25) is 0 Å². The number of alkyl halides is 3. The van der Waals surface area contributed by atoms with E-state index in [0.29, 0.717) is 0 Å². The molecular formula is C17H13F4N3O3S. The maximum Gasteiger partial charge on any atom is 0.448 e. The highest BCUT2D eigenvalue weighted by Gasteiger charge is 2.45. The van der Waals surface area contributed by atoms with E-state index in [1.54, 1.807) is 0 Å². The monoisotopic (exact) mass is 415 g/mol. The molecule has 2 aromatic rings. The third-order valence-corrected chi connectivity index (χ3v) is 5.39. The lowest BCUT2D eigenvalue weighted by Gasteiger charge is -2.13. The van der Waals surface area contributed by atoms with Gasteiger partial charge < -0.3 is 10.2 Å². The molecule has 3 rings (SSSR count). The maximum atomic E-state index is 13.0. The van der Waals surface area contributed by atoms with Crippen molar-refractivity contribution in [2.75, 3.05) is 6.26 Å². The Bertz CT molecular complexity index is 1040. The van der Waals surface area contributed by atoms with Gasteiger partial charge in [-0.1, -0.05) is 17.3 Å². The molecule has 0 aromatic heterocycles. The summed E-state index contributed by atoms with van der Waals surface area (Å²) in [4.78, 5) is 16.8. The van der Waals surface area contributed by atoms with Crippen molar-refractivity contribution in [2.24, 2.45) is 9.52 Å². The molecule has 0 saturated heterocycles. The van der Waals surface area contributed by atoms with Crippen molar-refractivity contribution in [2.45, 2.75) is 17.3 Å². The van der Waals surface area contributed by atoms with E-state index in [1.165, 1.54) is 42.7 Å². The number of hydrogen-bond donors (Lipinski definition) is 1. The lowest BCUT2D eigenvalue weighted by atomic mass is 10.1. The van der Waals surface area contributed by atoms with E-state index in [4.69, 9.17) is 0 Å². The summed E-state index contributed by atoms with van der Waals surface area (Å²) in [6, 6.07) is 10.1. The van der Waals surface area contributed by atoms with E-state index in [-0.39, 0.29) is 21.9 Å². The number of amidine groups is 1. The number of benzene rings is 2. The Kier molecular flexibility index (Phi) is 5.11. The molecule has 0 aliphatic carbocycles. The van der Waals surface area contributed by atoms with Crippen LogP contribution in [0.3, 0.4) is 0 Å². The molecule has 0 bridgehead atoms. The van der Waals surface area contributed by atoms with Crippen LogP contribution in [0.15, 0.2) is 62.9 Å². The zero-order chi connectivity index (χ0) is 20.5. The number of halogens is 4. The third kappa shape index (κ3) is 4.30. The summed E-state index contributed by atoms with van der Waals surface area (Å²) >= 11 is 0. The molecule has 1 N–H and O–H groups in total. The molecule has 148 valence electrons. The molecule has 2 atom stereocenters. The van der Waals surface area contributed by atoms with Crippen molar-refractivity contribution in [3.05, 3.63) is 65.5 Å². The molecule has 6 nitrogen and oxygen atoms in total. The van der Waals surface area contributed by atoms with Crippen LogP contribution < -0.4 is 5.32 Å². The topological polar surface area (TPSA) is 80.1 Å². The van der Waals surface area contributed by atoms with Gasteiger partial charge in [0.05, 0.1) is 9.73 Å². The minimum Gasteiger partial charge on any atom is -0.359 e. The van der Waals surface area contributed by atoms with Gasteiger partial charge in [0.15, 0.2) is 5.84 Å². The molecule has 11 heteroatoms. The molecular weight excluding hydrogens is 402 g/mol. The van der Waals surface area contributed by atoms with Crippen LogP contribution in [0, 0.1) is 5.82 Å². The van der Waals surface area contributed by atoms with Crippen LogP contribution in [0.1, 0.15) is 15.9 Å². The van der Waals surface area contributed by atoms with Crippen molar-refractivity contribution in [1.29, 1.82) is 0 Å². The molecule has 1 aliphatic rings. The highest BCUT2D eigenvalue weighted by atomic mass is 32.2. The second-order valence-electron chi connectivity index (χ2n) is 5.84. The van der Waals surface area contributed by atoms with Crippen molar-refractivity contribution in [3.63, 3.8) is 0 Å². The summed E-state index contributed by atoms with van der Waals surface area (Å²) in [7, 11) is -3.10. The third-order valence-electron chi connectivity index (χ3n) is 3.73. The van der Waals surface area contributed by atoms with E-state index in [2.05, 4.69) is 19.7 Å². The van der Waals surface area contributed by atoms with Crippen LogP contribution >= 0.6 is 0 Å². The number of nitrogens with zero attached hydrogens (tertiary/aromatic N) is 2. The lowest BCUT2D eigenvalue weighted by Crippen LogP contribution is -2.41. The molecule has 1 heterocycles. The van der Waals surface area contributed by atoms with Gasteiger partial charge >= 0.3 is 6.18 Å². The first kappa shape index (κ1) is 19.8. The zero-order valence-electron chi connectivity index (χ0n) is 14.2. The quantitative estimate of drug-likeness (QED) is 0.781. The Labute approximate surface area is 157 Å². The van der Waals surface area contributed by atoms with Gasteiger partial charge in [-0.15, -0.1) is 0 Å². The molecule has 1 amide bonds. The fourth-order valence-electron chi connectivity index (χ4n) is 2.28. The SMILES string of the molecule is CS(=O)(=NC(=O)c1ccc(C2=NOC(C(F)(F)F)N2)cc1)c1ccc(F)cc1. The number of carbonyl (C=O) groups is 1. The molecule has 2 unspecified atom stereocenters. The van der Waals surface area contributed by atoms with E-state index in [9.17, 15) is 26.6 Å². The van der Waals surface area contributed by atoms with Gasteiger partial charge in [-0.2, -0.15) is 17.5 Å². The number of hydrogen-bond acceptors (Lipinski definition) is 5. The normalized spacial score (nSPS) is 18.5. The molecule has 1 aliphatic heterocycles. The summed E-state index contributed by atoms with van der Waals surface area (Å²) in [5, 5.41) is 5.41. The number of oxime groups is 1. The fraction of sp³-hybridized carbons (Fsp3) is 0.176. The van der Waals surface area contributed by atoms with Gasteiger partial charge in [-0.25, -0.2) is 8.60 Å². The Morgan fingerprint density at radius 1 is 1.14 bits per heavy atom. The summed E-state index contributed by atoms with van der Waals surface area (Å²) < 4.78 is 67.0. The maximum absolute atomic E-state index is 13.0. The summed E-state index contributed by atoms with van der Waals surface area (Å²) in [5.74, 6) is -1.43. The summed E-state index contributed by atoms with van der Waals surface area (Å²) in [5.41, 5.74) is 0.339. The Morgan fingerprint density at radius 3 is 2.29 bits per heavy atom. The smallest absolute Gasteiger partial charge is 0.359 e. The van der Waals surface area contributed by atoms with E-state index >= 15 is 0 Å². The zero-order valence-corrected chi connectivity index (χ0v) is 15.1. The van der Waals surface area contributed by atoms with Gasteiger partial charge in [-0.05, 0) is 36.4 Å². The Balaban J connectivity index is 1.77. The standard InChI is InChI=1S/C17H13F4N3O3S/c1-28(26,13-8-6-12(18)7-9-13)24-15(25)11-4-2-10(3-5-11)14-22-16(27-23-14)17(19,20)21/h2-9,16H,1H3,(H,22,23). The number of rotatable bonds is 3. The van der Waals surface area contributed by atoms with E-state index in [0.717, 1.165) is 12.1 Å². The van der Waals surface area contributed by atoms with Crippen molar-refractivity contribution >= 4 is 21.5 Å². The van der Waals surface area contributed by atoms with Crippen LogP contribution in [-0.4, -0.2) is 34.6 Å². The van der Waals surface area contributed by atoms with Gasteiger partial charge in [0, 0.05) is 22.3 Å². The minimum absolute atomic E-state index is 0.0762. The second kappa shape index (κ2) is 7.23. The number of carbonyl (C=O) groups excluding carboxylic acids is 1. The average Bonchev–Trinajstić information content (AvgIpc) is 3.12. The first-order chi connectivity index (χ1) is 13.1. The summed E-state index contributed by atoms with van der Waals surface area (Å²) in [6.45, 7) is 0. The van der Waals surface area contributed by atoms with E-state index < -0.39 is 33.9 Å². The molecule has 2 aromatic carbocycles.